The number of rotatable bonds is 3. The van der Waals surface area contributed by atoms with Crippen LogP contribution in [0.25, 0.3) is 0 Å². The van der Waals surface area contributed by atoms with Gasteiger partial charge in [-0.2, -0.15) is 0 Å². The third-order valence-electron chi connectivity index (χ3n) is 2.18. The molecule has 17 heavy (non-hydrogen) atoms. The summed E-state index contributed by atoms with van der Waals surface area (Å²) in [6.45, 7) is 0.310. The molecule has 0 radical (unpaired) electrons. The van der Waals surface area contributed by atoms with E-state index in [1.54, 1.807) is 24.3 Å². The molecule has 1 amide bonds. The first kappa shape index (κ1) is 11.7. The topological polar surface area (TPSA) is 81.2 Å². The fraction of sp³-hybridized carbons (Fsp3) is 0.0909. The van der Waals surface area contributed by atoms with Crippen LogP contribution in [0, 0.1) is 0 Å². The standard InChI is InChI=1S/C11H10BrN3O2/c12-7-1-2-9(10(13)5-7)11(16)14-6-8-3-4-17-15-8/h1-5H,6,13H2,(H,14,16). The molecular formula is C11H10BrN3O2. The molecule has 0 saturated carbocycles. The van der Waals surface area contributed by atoms with E-state index in [9.17, 15) is 4.79 Å². The smallest absolute Gasteiger partial charge is 0.253 e. The highest BCUT2D eigenvalue weighted by atomic mass is 79.9. The molecule has 1 aromatic carbocycles. The van der Waals surface area contributed by atoms with Gasteiger partial charge in [0.05, 0.1) is 12.1 Å². The Morgan fingerprint density at radius 2 is 2.29 bits per heavy atom. The number of carbonyl (C=O) groups excluding carboxylic acids is 1. The summed E-state index contributed by atoms with van der Waals surface area (Å²) < 4.78 is 5.50. The molecule has 0 fully saturated rings. The van der Waals surface area contributed by atoms with E-state index in [-0.39, 0.29) is 5.91 Å². The quantitative estimate of drug-likeness (QED) is 0.848. The van der Waals surface area contributed by atoms with E-state index in [1.807, 2.05) is 0 Å². The van der Waals surface area contributed by atoms with Crippen molar-refractivity contribution in [1.82, 2.24) is 10.5 Å². The zero-order valence-electron chi connectivity index (χ0n) is 8.81. The summed E-state index contributed by atoms with van der Waals surface area (Å²) >= 11 is 3.28. The number of halogens is 1. The van der Waals surface area contributed by atoms with Crippen LogP contribution in [0.15, 0.2) is 39.5 Å². The van der Waals surface area contributed by atoms with Gasteiger partial charge in [0.2, 0.25) is 0 Å². The molecule has 0 bridgehead atoms. The fourth-order valence-corrected chi connectivity index (χ4v) is 1.71. The highest BCUT2D eigenvalue weighted by Crippen LogP contribution is 2.18. The lowest BCUT2D eigenvalue weighted by atomic mass is 10.1. The van der Waals surface area contributed by atoms with Crippen molar-refractivity contribution in [2.75, 3.05) is 5.73 Å². The average Bonchev–Trinajstić information content (AvgIpc) is 2.78. The number of aromatic nitrogens is 1. The minimum atomic E-state index is -0.238. The van der Waals surface area contributed by atoms with Gasteiger partial charge in [-0.1, -0.05) is 21.1 Å². The maximum atomic E-state index is 11.8. The van der Waals surface area contributed by atoms with Crippen molar-refractivity contribution in [2.45, 2.75) is 6.54 Å². The number of amides is 1. The van der Waals surface area contributed by atoms with Gasteiger partial charge in [0.1, 0.15) is 12.0 Å². The number of benzene rings is 1. The Morgan fingerprint density at radius 1 is 1.47 bits per heavy atom. The first-order chi connectivity index (χ1) is 8.16. The number of nitrogen functional groups attached to an aromatic ring is 1. The molecule has 1 heterocycles. The Morgan fingerprint density at radius 3 is 2.94 bits per heavy atom. The van der Waals surface area contributed by atoms with Crippen LogP contribution in [0.2, 0.25) is 0 Å². The Kier molecular flexibility index (Phi) is 3.43. The molecule has 0 aliphatic heterocycles. The molecule has 2 aromatic rings. The van der Waals surface area contributed by atoms with Gasteiger partial charge in [-0.05, 0) is 18.2 Å². The van der Waals surface area contributed by atoms with E-state index in [2.05, 4.69) is 30.9 Å². The van der Waals surface area contributed by atoms with Gasteiger partial charge in [-0.25, -0.2) is 0 Å². The van der Waals surface area contributed by atoms with Gasteiger partial charge in [-0.3, -0.25) is 4.79 Å². The van der Waals surface area contributed by atoms with Crippen molar-refractivity contribution in [2.24, 2.45) is 0 Å². The van der Waals surface area contributed by atoms with Crippen LogP contribution in [-0.4, -0.2) is 11.1 Å². The number of hydrogen-bond acceptors (Lipinski definition) is 4. The third-order valence-corrected chi connectivity index (χ3v) is 2.67. The van der Waals surface area contributed by atoms with Gasteiger partial charge in [0.15, 0.2) is 0 Å². The van der Waals surface area contributed by atoms with Crippen molar-refractivity contribution in [3.63, 3.8) is 0 Å². The van der Waals surface area contributed by atoms with E-state index < -0.39 is 0 Å². The number of nitrogens with zero attached hydrogens (tertiary/aromatic N) is 1. The molecule has 0 saturated heterocycles. The van der Waals surface area contributed by atoms with E-state index in [0.717, 1.165) is 4.47 Å². The highest BCUT2D eigenvalue weighted by molar-refractivity contribution is 9.10. The van der Waals surface area contributed by atoms with E-state index >= 15 is 0 Å². The molecule has 0 atom stereocenters. The van der Waals surface area contributed by atoms with Crippen molar-refractivity contribution in [3.05, 3.63) is 46.3 Å². The van der Waals surface area contributed by atoms with Crippen LogP contribution in [-0.2, 0) is 6.54 Å². The molecule has 0 aliphatic carbocycles. The molecule has 6 heteroatoms. The Bertz CT molecular complexity index is 526. The lowest BCUT2D eigenvalue weighted by Gasteiger charge is -2.06. The predicted octanol–water partition coefficient (Wildman–Crippen LogP) is 1.95. The summed E-state index contributed by atoms with van der Waals surface area (Å²) in [6.07, 6.45) is 1.45. The predicted molar refractivity (Wildman–Crippen MR) is 66.2 cm³/mol. The molecule has 0 spiro atoms. The van der Waals surface area contributed by atoms with Gasteiger partial charge in [0.25, 0.3) is 5.91 Å². The number of nitrogens with one attached hydrogen (secondary N) is 1. The zero-order valence-corrected chi connectivity index (χ0v) is 10.4. The van der Waals surface area contributed by atoms with Gasteiger partial charge < -0.3 is 15.6 Å². The molecular weight excluding hydrogens is 286 g/mol. The average molecular weight is 296 g/mol. The Balaban J connectivity index is 2.04. The minimum absolute atomic E-state index is 0.238. The summed E-state index contributed by atoms with van der Waals surface area (Å²) in [6, 6.07) is 6.80. The van der Waals surface area contributed by atoms with E-state index in [4.69, 9.17) is 5.73 Å². The largest absolute Gasteiger partial charge is 0.398 e. The monoisotopic (exact) mass is 295 g/mol. The fourth-order valence-electron chi connectivity index (χ4n) is 1.34. The van der Waals surface area contributed by atoms with Gasteiger partial charge in [0, 0.05) is 16.2 Å². The second-order valence-corrected chi connectivity index (χ2v) is 4.32. The van der Waals surface area contributed by atoms with Crippen molar-refractivity contribution in [3.8, 4) is 0 Å². The van der Waals surface area contributed by atoms with Crippen molar-refractivity contribution < 1.29 is 9.32 Å². The summed E-state index contributed by atoms with van der Waals surface area (Å²) in [5.74, 6) is -0.238. The van der Waals surface area contributed by atoms with Crippen LogP contribution in [0.3, 0.4) is 0 Å². The van der Waals surface area contributed by atoms with Crippen LogP contribution in [0.4, 0.5) is 5.69 Å². The zero-order chi connectivity index (χ0) is 12.3. The van der Waals surface area contributed by atoms with E-state index in [0.29, 0.717) is 23.5 Å². The second kappa shape index (κ2) is 5.01. The maximum absolute atomic E-state index is 11.8. The summed E-state index contributed by atoms with van der Waals surface area (Å²) in [4.78, 5) is 11.8. The van der Waals surface area contributed by atoms with Crippen LogP contribution < -0.4 is 11.1 Å². The number of nitrogens with two attached hydrogens (primary N) is 1. The van der Waals surface area contributed by atoms with Crippen LogP contribution in [0.5, 0.6) is 0 Å². The van der Waals surface area contributed by atoms with Gasteiger partial charge >= 0.3 is 0 Å². The number of hydrogen-bond donors (Lipinski definition) is 2. The van der Waals surface area contributed by atoms with E-state index in [1.165, 1.54) is 6.26 Å². The van der Waals surface area contributed by atoms with Gasteiger partial charge in [-0.15, -0.1) is 0 Å². The summed E-state index contributed by atoms with van der Waals surface area (Å²) in [5.41, 5.74) is 7.28. The molecule has 1 aromatic heterocycles. The van der Waals surface area contributed by atoms with Crippen LogP contribution >= 0.6 is 15.9 Å². The molecule has 0 aliphatic rings. The lowest BCUT2D eigenvalue weighted by molar-refractivity contribution is 0.0951. The lowest BCUT2D eigenvalue weighted by Crippen LogP contribution is -2.23. The second-order valence-electron chi connectivity index (χ2n) is 3.41. The Hall–Kier alpha value is -1.82. The molecule has 5 nitrogen and oxygen atoms in total. The van der Waals surface area contributed by atoms with Crippen molar-refractivity contribution >= 4 is 27.5 Å². The SMILES string of the molecule is Nc1cc(Br)ccc1C(=O)NCc1ccon1. The normalized spacial score (nSPS) is 10.2. The highest BCUT2D eigenvalue weighted by Gasteiger charge is 2.09. The molecule has 0 unspecified atom stereocenters. The Labute approximate surface area is 106 Å². The maximum Gasteiger partial charge on any atom is 0.253 e. The van der Waals surface area contributed by atoms with Crippen LogP contribution in [0.1, 0.15) is 16.1 Å². The summed E-state index contributed by atoms with van der Waals surface area (Å²) in [7, 11) is 0. The first-order valence-corrected chi connectivity index (χ1v) is 5.68. The molecule has 2 rings (SSSR count). The molecule has 88 valence electrons. The summed E-state index contributed by atoms with van der Waals surface area (Å²) in [5, 5.41) is 6.39. The molecule has 3 N–H and O–H groups in total. The van der Waals surface area contributed by atoms with Crippen molar-refractivity contribution in [1.29, 1.82) is 0 Å². The number of anilines is 1. The number of carbonyl (C=O) groups is 1. The third kappa shape index (κ3) is 2.85. The first-order valence-electron chi connectivity index (χ1n) is 4.89. The minimum Gasteiger partial charge on any atom is -0.398 e.